The van der Waals surface area contributed by atoms with Crippen LogP contribution in [0.1, 0.15) is 56.2 Å². The largest absolute Gasteiger partial charge is 0.370 e. The van der Waals surface area contributed by atoms with Crippen molar-refractivity contribution in [1.29, 1.82) is 0 Å². The third-order valence-corrected chi connectivity index (χ3v) is 4.72. The van der Waals surface area contributed by atoms with E-state index >= 15 is 0 Å². The molecule has 0 radical (unpaired) electrons. The van der Waals surface area contributed by atoms with Gasteiger partial charge in [0, 0.05) is 11.7 Å². The number of amides is 1. The third-order valence-electron chi connectivity index (χ3n) is 4.72. The second-order valence-electron chi connectivity index (χ2n) is 6.70. The minimum atomic E-state index is -0.360. The summed E-state index contributed by atoms with van der Waals surface area (Å²) in [5.74, 6) is 0.608. The molecule has 1 amide bonds. The van der Waals surface area contributed by atoms with Gasteiger partial charge in [0.05, 0.1) is 0 Å². The Kier molecular flexibility index (Phi) is 5.19. The molecule has 0 spiro atoms. The number of hydrogen-bond acceptors (Lipinski definition) is 2. The standard InChI is InChI=1S/C21H26N2O/c1-3-15(2)16-9-11-18(12-10-16)22-20(17-7-5-4-6-8-17)21(24)23-19-13-14-19/h4-12,15,19-20,22H,3,13-14H2,1-2H3,(H,23,24)/t15-,20+/m1/s1. The summed E-state index contributed by atoms with van der Waals surface area (Å²) in [5, 5.41) is 6.51. The molecule has 3 nitrogen and oxygen atoms in total. The van der Waals surface area contributed by atoms with Gasteiger partial charge in [-0.05, 0) is 48.4 Å². The van der Waals surface area contributed by atoms with Gasteiger partial charge in [-0.25, -0.2) is 0 Å². The van der Waals surface area contributed by atoms with E-state index in [9.17, 15) is 4.79 Å². The zero-order valence-corrected chi connectivity index (χ0v) is 14.5. The van der Waals surface area contributed by atoms with E-state index in [4.69, 9.17) is 0 Å². The predicted octanol–water partition coefficient (Wildman–Crippen LogP) is 4.63. The fourth-order valence-corrected chi connectivity index (χ4v) is 2.77. The van der Waals surface area contributed by atoms with Gasteiger partial charge in [-0.1, -0.05) is 56.3 Å². The third kappa shape index (κ3) is 4.16. The van der Waals surface area contributed by atoms with Crippen LogP contribution in [0.25, 0.3) is 0 Å². The van der Waals surface area contributed by atoms with Gasteiger partial charge >= 0.3 is 0 Å². The maximum atomic E-state index is 12.6. The first-order valence-corrected chi connectivity index (χ1v) is 8.89. The predicted molar refractivity (Wildman–Crippen MR) is 99.1 cm³/mol. The molecule has 2 N–H and O–H groups in total. The Morgan fingerprint density at radius 3 is 2.29 bits per heavy atom. The quantitative estimate of drug-likeness (QED) is 0.780. The molecule has 0 bridgehead atoms. The molecule has 0 unspecified atom stereocenters. The first-order valence-electron chi connectivity index (χ1n) is 8.89. The fraction of sp³-hybridized carbons (Fsp3) is 0.381. The lowest BCUT2D eigenvalue weighted by Gasteiger charge is -2.20. The summed E-state index contributed by atoms with van der Waals surface area (Å²) in [5.41, 5.74) is 3.30. The maximum Gasteiger partial charge on any atom is 0.247 e. The zero-order valence-electron chi connectivity index (χ0n) is 14.5. The lowest BCUT2D eigenvalue weighted by Crippen LogP contribution is -2.34. The molecule has 1 aliphatic carbocycles. The molecule has 2 aromatic rings. The molecule has 1 fully saturated rings. The first kappa shape index (κ1) is 16.6. The SMILES string of the molecule is CC[C@@H](C)c1ccc(N[C@H](C(=O)NC2CC2)c2ccccc2)cc1. The Balaban J connectivity index is 1.76. The molecule has 3 heteroatoms. The van der Waals surface area contributed by atoms with Gasteiger partial charge in [-0.2, -0.15) is 0 Å². The smallest absolute Gasteiger partial charge is 0.247 e. The molecule has 3 rings (SSSR count). The van der Waals surface area contributed by atoms with E-state index in [0.29, 0.717) is 12.0 Å². The van der Waals surface area contributed by atoms with E-state index in [-0.39, 0.29) is 11.9 Å². The van der Waals surface area contributed by atoms with E-state index in [0.717, 1.165) is 30.5 Å². The van der Waals surface area contributed by atoms with Crippen molar-refractivity contribution in [2.75, 3.05) is 5.32 Å². The van der Waals surface area contributed by atoms with Gasteiger partial charge in [0.1, 0.15) is 6.04 Å². The first-order chi connectivity index (χ1) is 11.7. The van der Waals surface area contributed by atoms with E-state index < -0.39 is 0 Å². The van der Waals surface area contributed by atoms with E-state index in [2.05, 4.69) is 48.7 Å². The van der Waals surface area contributed by atoms with Gasteiger partial charge in [0.15, 0.2) is 0 Å². The second kappa shape index (κ2) is 7.52. The summed E-state index contributed by atoms with van der Waals surface area (Å²) in [6.45, 7) is 4.43. The molecule has 0 saturated heterocycles. The molecule has 126 valence electrons. The van der Waals surface area contributed by atoms with Crippen LogP contribution in [-0.2, 0) is 4.79 Å². The van der Waals surface area contributed by atoms with Crippen LogP contribution in [0.3, 0.4) is 0 Å². The molecular formula is C21H26N2O. The summed E-state index contributed by atoms with van der Waals surface area (Å²) in [6, 6.07) is 18.4. The molecule has 0 aromatic heterocycles. The van der Waals surface area contributed by atoms with Crippen LogP contribution in [0.2, 0.25) is 0 Å². The van der Waals surface area contributed by atoms with Crippen molar-refractivity contribution in [2.45, 2.75) is 51.1 Å². The Morgan fingerprint density at radius 2 is 1.71 bits per heavy atom. The van der Waals surface area contributed by atoms with Crippen molar-refractivity contribution in [1.82, 2.24) is 5.32 Å². The van der Waals surface area contributed by atoms with Crippen LogP contribution in [0.15, 0.2) is 54.6 Å². The second-order valence-corrected chi connectivity index (χ2v) is 6.70. The monoisotopic (exact) mass is 322 g/mol. The number of carbonyl (C=O) groups is 1. The molecule has 2 aromatic carbocycles. The maximum absolute atomic E-state index is 12.6. The van der Waals surface area contributed by atoms with Crippen LogP contribution in [0.5, 0.6) is 0 Å². The lowest BCUT2D eigenvalue weighted by atomic mass is 9.98. The number of nitrogens with one attached hydrogen (secondary N) is 2. The number of carbonyl (C=O) groups excluding carboxylic acids is 1. The van der Waals surface area contributed by atoms with E-state index in [1.54, 1.807) is 0 Å². The summed E-state index contributed by atoms with van der Waals surface area (Å²) in [4.78, 5) is 12.6. The Labute approximate surface area is 144 Å². The Bertz CT molecular complexity index is 662. The molecule has 1 saturated carbocycles. The minimum absolute atomic E-state index is 0.0507. The van der Waals surface area contributed by atoms with E-state index in [1.807, 2.05) is 30.3 Å². The van der Waals surface area contributed by atoms with E-state index in [1.165, 1.54) is 5.56 Å². The molecule has 2 atom stereocenters. The van der Waals surface area contributed by atoms with Gasteiger partial charge in [0.25, 0.3) is 0 Å². The normalized spacial score (nSPS) is 16.2. The van der Waals surface area contributed by atoms with Gasteiger partial charge in [-0.15, -0.1) is 0 Å². The number of hydrogen-bond donors (Lipinski definition) is 2. The fourth-order valence-electron chi connectivity index (χ4n) is 2.77. The highest BCUT2D eigenvalue weighted by Gasteiger charge is 2.28. The Morgan fingerprint density at radius 1 is 1.04 bits per heavy atom. The summed E-state index contributed by atoms with van der Waals surface area (Å²) in [6.07, 6.45) is 3.32. The van der Waals surface area contributed by atoms with Crippen LogP contribution >= 0.6 is 0 Å². The van der Waals surface area contributed by atoms with Crippen molar-refractivity contribution in [2.24, 2.45) is 0 Å². The highest BCUT2D eigenvalue weighted by atomic mass is 16.2. The minimum Gasteiger partial charge on any atom is -0.370 e. The topological polar surface area (TPSA) is 41.1 Å². The molecular weight excluding hydrogens is 296 g/mol. The van der Waals surface area contributed by atoms with Crippen LogP contribution in [0.4, 0.5) is 5.69 Å². The molecule has 0 aliphatic heterocycles. The van der Waals surface area contributed by atoms with Gasteiger partial charge in [-0.3, -0.25) is 4.79 Å². The summed E-state index contributed by atoms with van der Waals surface area (Å²) < 4.78 is 0. The molecule has 1 aliphatic rings. The highest BCUT2D eigenvalue weighted by molar-refractivity contribution is 5.86. The Hall–Kier alpha value is -2.29. The summed E-state index contributed by atoms with van der Waals surface area (Å²) in [7, 11) is 0. The highest BCUT2D eigenvalue weighted by Crippen LogP contribution is 2.25. The van der Waals surface area contributed by atoms with Crippen LogP contribution in [0, 0.1) is 0 Å². The van der Waals surface area contributed by atoms with Gasteiger partial charge < -0.3 is 10.6 Å². The number of anilines is 1. The van der Waals surface area contributed by atoms with Crippen molar-refractivity contribution in [3.63, 3.8) is 0 Å². The average molecular weight is 322 g/mol. The van der Waals surface area contributed by atoms with Gasteiger partial charge in [0.2, 0.25) is 5.91 Å². The summed E-state index contributed by atoms with van der Waals surface area (Å²) >= 11 is 0. The van der Waals surface area contributed by atoms with Crippen molar-refractivity contribution in [3.05, 3.63) is 65.7 Å². The zero-order chi connectivity index (χ0) is 16.9. The van der Waals surface area contributed by atoms with Crippen molar-refractivity contribution in [3.8, 4) is 0 Å². The average Bonchev–Trinajstić information content (AvgIpc) is 3.44. The lowest BCUT2D eigenvalue weighted by molar-refractivity contribution is -0.122. The van der Waals surface area contributed by atoms with Crippen molar-refractivity contribution < 1.29 is 4.79 Å². The number of benzene rings is 2. The molecule has 0 heterocycles. The van der Waals surface area contributed by atoms with Crippen molar-refractivity contribution >= 4 is 11.6 Å². The molecule has 24 heavy (non-hydrogen) atoms. The number of rotatable bonds is 7. The van der Waals surface area contributed by atoms with Crippen LogP contribution in [-0.4, -0.2) is 11.9 Å². The van der Waals surface area contributed by atoms with Crippen LogP contribution < -0.4 is 10.6 Å².